The molecule has 0 saturated heterocycles. The van der Waals surface area contributed by atoms with Gasteiger partial charge >= 0.3 is 6.18 Å². The third-order valence-electron chi connectivity index (χ3n) is 1.91. The summed E-state index contributed by atoms with van der Waals surface area (Å²) < 4.78 is 35.2. The van der Waals surface area contributed by atoms with Crippen LogP contribution in [0.2, 0.25) is 0 Å². The highest BCUT2D eigenvalue weighted by molar-refractivity contribution is 5.77. The Balaban J connectivity index is 2.36. The van der Waals surface area contributed by atoms with E-state index < -0.39 is 24.5 Å². The molecular formula is C8H9F3N2O. The standard InChI is InChI=1S/C8H9F3N2O/c9-8(10,11)3-7(14)13-6(4-12)5-1-2-5/h5-6H,1-3H2,(H,13,14). The van der Waals surface area contributed by atoms with Crippen molar-refractivity contribution in [3.05, 3.63) is 0 Å². The fourth-order valence-electron chi connectivity index (χ4n) is 1.09. The maximum atomic E-state index is 11.7. The number of hydrogen-bond donors (Lipinski definition) is 1. The van der Waals surface area contributed by atoms with Gasteiger partial charge in [0.05, 0.1) is 6.07 Å². The van der Waals surface area contributed by atoms with E-state index in [1.54, 1.807) is 6.07 Å². The summed E-state index contributed by atoms with van der Waals surface area (Å²) in [6, 6.07) is 1.02. The zero-order valence-corrected chi connectivity index (χ0v) is 7.27. The maximum absolute atomic E-state index is 11.7. The van der Waals surface area contributed by atoms with E-state index in [1.165, 1.54) is 0 Å². The van der Waals surface area contributed by atoms with Gasteiger partial charge in [0.1, 0.15) is 12.5 Å². The minimum Gasteiger partial charge on any atom is -0.340 e. The van der Waals surface area contributed by atoms with Crippen LogP contribution in [0.15, 0.2) is 0 Å². The highest BCUT2D eigenvalue weighted by atomic mass is 19.4. The van der Waals surface area contributed by atoms with Gasteiger partial charge in [-0.3, -0.25) is 4.79 Å². The number of nitrogens with zero attached hydrogens (tertiary/aromatic N) is 1. The van der Waals surface area contributed by atoms with Crippen LogP contribution in [0.3, 0.4) is 0 Å². The number of amides is 1. The van der Waals surface area contributed by atoms with Crippen LogP contribution < -0.4 is 5.32 Å². The largest absolute Gasteiger partial charge is 0.397 e. The molecule has 1 N–H and O–H groups in total. The van der Waals surface area contributed by atoms with Gasteiger partial charge in [-0.2, -0.15) is 18.4 Å². The molecule has 14 heavy (non-hydrogen) atoms. The summed E-state index contributed by atoms with van der Waals surface area (Å²) in [4.78, 5) is 10.8. The van der Waals surface area contributed by atoms with E-state index in [0.717, 1.165) is 12.8 Å². The Labute approximate surface area is 78.9 Å². The van der Waals surface area contributed by atoms with E-state index in [2.05, 4.69) is 5.32 Å². The second kappa shape index (κ2) is 3.86. The second-order valence-corrected chi connectivity index (χ2v) is 3.30. The van der Waals surface area contributed by atoms with Gasteiger partial charge in [-0.05, 0) is 18.8 Å². The molecule has 0 aromatic rings. The second-order valence-electron chi connectivity index (χ2n) is 3.30. The number of nitrogens with one attached hydrogen (secondary N) is 1. The highest BCUT2D eigenvalue weighted by Crippen LogP contribution is 2.32. The summed E-state index contributed by atoms with van der Waals surface area (Å²) in [7, 11) is 0. The molecule has 0 radical (unpaired) electrons. The zero-order chi connectivity index (χ0) is 10.8. The van der Waals surface area contributed by atoms with Gasteiger partial charge in [-0.1, -0.05) is 0 Å². The van der Waals surface area contributed by atoms with Crippen LogP contribution in [-0.4, -0.2) is 18.1 Å². The lowest BCUT2D eigenvalue weighted by atomic mass is 10.2. The van der Waals surface area contributed by atoms with Crippen LogP contribution in [0.1, 0.15) is 19.3 Å². The highest BCUT2D eigenvalue weighted by Gasteiger charge is 2.36. The van der Waals surface area contributed by atoms with Gasteiger partial charge < -0.3 is 5.32 Å². The molecule has 0 aliphatic heterocycles. The number of halogens is 3. The summed E-state index contributed by atoms with van der Waals surface area (Å²) in [5.74, 6) is -1.09. The van der Waals surface area contributed by atoms with Gasteiger partial charge in [-0.25, -0.2) is 0 Å². The Morgan fingerprint density at radius 2 is 2.14 bits per heavy atom. The fourth-order valence-corrected chi connectivity index (χ4v) is 1.09. The first-order valence-electron chi connectivity index (χ1n) is 4.18. The molecule has 3 nitrogen and oxygen atoms in total. The molecule has 6 heteroatoms. The van der Waals surface area contributed by atoms with Crippen LogP contribution in [-0.2, 0) is 4.79 Å². The van der Waals surface area contributed by atoms with E-state index >= 15 is 0 Å². The van der Waals surface area contributed by atoms with Crippen molar-refractivity contribution in [3.63, 3.8) is 0 Å². The van der Waals surface area contributed by atoms with Crippen LogP contribution in [0.5, 0.6) is 0 Å². The van der Waals surface area contributed by atoms with E-state index in [1.807, 2.05) is 0 Å². The lowest BCUT2D eigenvalue weighted by Gasteiger charge is -2.11. The van der Waals surface area contributed by atoms with Gasteiger partial charge in [0.25, 0.3) is 0 Å². The topological polar surface area (TPSA) is 52.9 Å². The van der Waals surface area contributed by atoms with Gasteiger partial charge in [0, 0.05) is 0 Å². The molecule has 1 saturated carbocycles. The summed E-state index contributed by atoms with van der Waals surface area (Å²) in [5, 5.41) is 10.6. The van der Waals surface area contributed by atoms with Crippen molar-refractivity contribution < 1.29 is 18.0 Å². The molecule has 78 valence electrons. The number of carbonyl (C=O) groups excluding carboxylic acids is 1. The number of carbonyl (C=O) groups is 1. The Kier molecular flexibility index (Phi) is 2.99. The van der Waals surface area contributed by atoms with Crippen LogP contribution in [0, 0.1) is 17.2 Å². The summed E-state index contributed by atoms with van der Waals surface area (Å²) >= 11 is 0. The minimum absolute atomic E-state index is 0.0391. The molecule has 1 fully saturated rings. The number of alkyl halides is 3. The zero-order valence-electron chi connectivity index (χ0n) is 7.27. The molecular weight excluding hydrogens is 197 g/mol. The molecule has 1 atom stereocenters. The normalized spacial score (nSPS) is 18.4. The Morgan fingerprint density at radius 1 is 1.57 bits per heavy atom. The van der Waals surface area contributed by atoms with E-state index in [4.69, 9.17) is 5.26 Å². The number of hydrogen-bond acceptors (Lipinski definition) is 2. The van der Waals surface area contributed by atoms with Crippen molar-refractivity contribution >= 4 is 5.91 Å². The average Bonchev–Trinajstić information content (AvgIpc) is 2.78. The lowest BCUT2D eigenvalue weighted by molar-refractivity contribution is -0.154. The SMILES string of the molecule is N#CC(NC(=O)CC(F)(F)F)C1CC1. The van der Waals surface area contributed by atoms with Crippen molar-refractivity contribution in [1.29, 1.82) is 5.26 Å². The predicted octanol–water partition coefficient (Wildman–Crippen LogP) is 1.36. The van der Waals surface area contributed by atoms with E-state index in [9.17, 15) is 18.0 Å². The van der Waals surface area contributed by atoms with E-state index in [-0.39, 0.29) is 5.92 Å². The third-order valence-corrected chi connectivity index (χ3v) is 1.91. The van der Waals surface area contributed by atoms with Gasteiger partial charge in [-0.15, -0.1) is 0 Å². The average molecular weight is 206 g/mol. The molecule has 0 bridgehead atoms. The molecule has 1 rings (SSSR count). The summed E-state index contributed by atoms with van der Waals surface area (Å²) in [5.41, 5.74) is 0. The lowest BCUT2D eigenvalue weighted by Crippen LogP contribution is -2.37. The molecule has 0 aromatic carbocycles. The van der Waals surface area contributed by atoms with Crippen molar-refractivity contribution in [2.45, 2.75) is 31.5 Å². The first-order valence-corrected chi connectivity index (χ1v) is 4.18. The molecule has 0 heterocycles. The van der Waals surface area contributed by atoms with E-state index in [0.29, 0.717) is 0 Å². The molecule has 1 aliphatic carbocycles. The van der Waals surface area contributed by atoms with Crippen molar-refractivity contribution in [3.8, 4) is 6.07 Å². The maximum Gasteiger partial charge on any atom is 0.397 e. The predicted molar refractivity (Wildman–Crippen MR) is 40.9 cm³/mol. The third kappa shape index (κ3) is 3.64. The first-order chi connectivity index (χ1) is 6.42. The number of rotatable bonds is 3. The van der Waals surface area contributed by atoms with Crippen molar-refractivity contribution in [2.75, 3.05) is 0 Å². The minimum atomic E-state index is -4.51. The molecule has 1 unspecified atom stereocenters. The fraction of sp³-hybridized carbons (Fsp3) is 0.750. The molecule has 1 aliphatic rings. The number of nitriles is 1. The monoisotopic (exact) mass is 206 g/mol. The quantitative estimate of drug-likeness (QED) is 0.757. The van der Waals surface area contributed by atoms with Crippen LogP contribution in [0.4, 0.5) is 13.2 Å². The smallest absolute Gasteiger partial charge is 0.340 e. The summed E-state index contributed by atoms with van der Waals surface area (Å²) in [6.07, 6.45) is -4.43. The molecule has 0 spiro atoms. The van der Waals surface area contributed by atoms with Gasteiger partial charge in [0.15, 0.2) is 0 Å². The first kappa shape index (κ1) is 10.8. The molecule has 0 aromatic heterocycles. The van der Waals surface area contributed by atoms with Crippen LogP contribution >= 0.6 is 0 Å². The molecule has 1 amide bonds. The van der Waals surface area contributed by atoms with Crippen molar-refractivity contribution in [1.82, 2.24) is 5.32 Å². The summed E-state index contributed by atoms with van der Waals surface area (Å²) in [6.45, 7) is 0. The van der Waals surface area contributed by atoms with Crippen molar-refractivity contribution in [2.24, 2.45) is 5.92 Å². The Morgan fingerprint density at radius 3 is 2.50 bits per heavy atom. The van der Waals surface area contributed by atoms with Crippen LogP contribution in [0.25, 0.3) is 0 Å². The Hall–Kier alpha value is -1.25. The Bertz CT molecular complexity index is 265. The van der Waals surface area contributed by atoms with Gasteiger partial charge in [0.2, 0.25) is 5.91 Å².